The number of fused-ring (bicyclic) bond motifs is 1. The Morgan fingerprint density at radius 2 is 2.04 bits per heavy atom. The summed E-state index contributed by atoms with van der Waals surface area (Å²) in [6.07, 6.45) is 6.13. The minimum absolute atomic E-state index is 0.00426. The Labute approximate surface area is 142 Å². The summed E-state index contributed by atoms with van der Waals surface area (Å²) in [6, 6.07) is -0.557. The van der Waals surface area contributed by atoms with Gasteiger partial charge in [-0.25, -0.2) is 0 Å². The predicted octanol–water partition coefficient (Wildman–Crippen LogP) is 1.09. The molecule has 7 heteroatoms. The number of nitrogens with one attached hydrogen (secondary N) is 3. The molecule has 7 nitrogen and oxygen atoms in total. The lowest BCUT2D eigenvalue weighted by atomic mass is 9.88. The molecule has 1 aliphatic heterocycles. The molecule has 132 valence electrons. The fourth-order valence-electron chi connectivity index (χ4n) is 3.59. The minimum atomic E-state index is -0.557. The molecule has 1 atom stereocenters. The summed E-state index contributed by atoms with van der Waals surface area (Å²) in [4.78, 5) is 24.7. The Hall–Kier alpha value is -1.89. The Bertz CT molecular complexity index is 619. The summed E-state index contributed by atoms with van der Waals surface area (Å²) < 4.78 is 1.81. The zero-order valence-electron chi connectivity index (χ0n) is 14.5. The van der Waals surface area contributed by atoms with Crippen molar-refractivity contribution in [3.8, 4) is 0 Å². The zero-order chi connectivity index (χ0) is 17.1. The number of nitrogens with zero attached hydrogens (tertiary/aromatic N) is 2. The second-order valence-corrected chi connectivity index (χ2v) is 6.88. The number of hydrogen-bond donors (Lipinski definition) is 3. The normalized spacial score (nSPS) is 19.4. The van der Waals surface area contributed by atoms with Crippen LogP contribution in [0.3, 0.4) is 0 Å². The molecule has 3 rings (SSSR count). The van der Waals surface area contributed by atoms with Crippen molar-refractivity contribution in [2.24, 2.45) is 13.0 Å². The molecule has 3 N–H and O–H groups in total. The van der Waals surface area contributed by atoms with E-state index in [1.165, 1.54) is 6.42 Å². The molecule has 1 aromatic rings. The molecule has 1 fully saturated rings. The average molecular weight is 333 g/mol. The smallest absolute Gasteiger partial charge is 0.247 e. The van der Waals surface area contributed by atoms with Crippen LogP contribution in [0.15, 0.2) is 0 Å². The van der Waals surface area contributed by atoms with E-state index in [-0.39, 0.29) is 17.7 Å². The fourth-order valence-corrected chi connectivity index (χ4v) is 3.59. The van der Waals surface area contributed by atoms with Gasteiger partial charge in [0.1, 0.15) is 6.04 Å². The third-order valence-electron chi connectivity index (χ3n) is 5.09. The lowest BCUT2D eigenvalue weighted by Gasteiger charge is -2.23. The van der Waals surface area contributed by atoms with Crippen molar-refractivity contribution in [1.82, 2.24) is 20.4 Å². The van der Waals surface area contributed by atoms with Crippen LogP contribution in [0.4, 0.5) is 5.82 Å². The number of rotatable bonds is 4. The second-order valence-electron chi connectivity index (χ2n) is 6.88. The highest BCUT2D eigenvalue weighted by Gasteiger charge is 2.26. The van der Waals surface area contributed by atoms with Crippen LogP contribution in [-0.4, -0.2) is 34.2 Å². The number of carbonyl (C=O) groups excluding carboxylic acids is 2. The molecule has 24 heavy (non-hydrogen) atoms. The van der Waals surface area contributed by atoms with Crippen molar-refractivity contribution in [2.45, 2.75) is 58.0 Å². The Morgan fingerprint density at radius 3 is 2.79 bits per heavy atom. The highest BCUT2D eigenvalue weighted by molar-refractivity contribution is 5.97. The standard InChI is InChI=1S/C17H27N5O2/c1-11(19-17(24)12-6-4-3-5-7-12)16(23)20-15-13-8-9-18-10-14(13)22(2)21-15/h11-12,18H,3-10H2,1-2H3,(H,19,24)(H,20,21,23)/t11-/m0/s1. The van der Waals surface area contributed by atoms with Gasteiger partial charge in [-0.05, 0) is 32.7 Å². The van der Waals surface area contributed by atoms with Gasteiger partial charge in [-0.15, -0.1) is 0 Å². The van der Waals surface area contributed by atoms with Gasteiger partial charge in [-0.1, -0.05) is 19.3 Å². The van der Waals surface area contributed by atoms with Gasteiger partial charge in [-0.2, -0.15) is 5.10 Å². The molecule has 1 aromatic heterocycles. The average Bonchev–Trinajstić information content (AvgIpc) is 2.92. The van der Waals surface area contributed by atoms with E-state index < -0.39 is 6.04 Å². The minimum Gasteiger partial charge on any atom is -0.344 e. The highest BCUT2D eigenvalue weighted by atomic mass is 16.2. The van der Waals surface area contributed by atoms with Crippen molar-refractivity contribution in [3.63, 3.8) is 0 Å². The molecule has 2 aliphatic rings. The van der Waals surface area contributed by atoms with Gasteiger partial charge in [-0.3, -0.25) is 14.3 Å². The number of amides is 2. The van der Waals surface area contributed by atoms with E-state index in [1.54, 1.807) is 6.92 Å². The van der Waals surface area contributed by atoms with E-state index in [9.17, 15) is 9.59 Å². The summed E-state index contributed by atoms with van der Waals surface area (Å²) in [5, 5.41) is 13.5. The molecule has 1 saturated carbocycles. The van der Waals surface area contributed by atoms with E-state index in [0.717, 1.165) is 56.5 Å². The Morgan fingerprint density at radius 1 is 1.29 bits per heavy atom. The van der Waals surface area contributed by atoms with E-state index in [1.807, 2.05) is 11.7 Å². The first-order valence-corrected chi connectivity index (χ1v) is 8.93. The van der Waals surface area contributed by atoms with E-state index in [2.05, 4.69) is 21.0 Å². The van der Waals surface area contributed by atoms with E-state index in [4.69, 9.17) is 0 Å². The molecular formula is C17H27N5O2. The van der Waals surface area contributed by atoms with Gasteiger partial charge < -0.3 is 16.0 Å². The Kier molecular flexibility index (Phi) is 5.18. The molecular weight excluding hydrogens is 306 g/mol. The van der Waals surface area contributed by atoms with Crippen LogP contribution in [0.25, 0.3) is 0 Å². The summed E-state index contributed by atoms with van der Waals surface area (Å²) in [6.45, 7) is 3.38. The number of aromatic nitrogens is 2. The van der Waals surface area contributed by atoms with Gasteiger partial charge in [0.25, 0.3) is 0 Å². The van der Waals surface area contributed by atoms with Crippen molar-refractivity contribution < 1.29 is 9.59 Å². The van der Waals surface area contributed by atoms with Gasteiger partial charge in [0, 0.05) is 25.1 Å². The van der Waals surface area contributed by atoms with Gasteiger partial charge in [0.2, 0.25) is 11.8 Å². The molecule has 1 aliphatic carbocycles. The molecule has 0 aromatic carbocycles. The quantitative estimate of drug-likeness (QED) is 0.770. The first-order valence-electron chi connectivity index (χ1n) is 8.93. The van der Waals surface area contributed by atoms with Crippen LogP contribution in [-0.2, 0) is 29.6 Å². The van der Waals surface area contributed by atoms with E-state index in [0.29, 0.717) is 5.82 Å². The molecule has 0 bridgehead atoms. The lowest BCUT2D eigenvalue weighted by molar-refractivity contribution is -0.129. The monoisotopic (exact) mass is 333 g/mol. The first kappa shape index (κ1) is 17.0. The highest BCUT2D eigenvalue weighted by Crippen LogP contribution is 2.24. The fraction of sp³-hybridized carbons (Fsp3) is 0.706. The number of anilines is 1. The van der Waals surface area contributed by atoms with Crippen LogP contribution in [0.2, 0.25) is 0 Å². The SMILES string of the molecule is C[C@H](NC(=O)C1CCCCC1)C(=O)Nc1nn(C)c2c1CCNC2. The van der Waals surface area contributed by atoms with E-state index >= 15 is 0 Å². The lowest BCUT2D eigenvalue weighted by Crippen LogP contribution is -2.44. The summed E-state index contributed by atoms with van der Waals surface area (Å²) in [5.74, 6) is 0.476. The Balaban J connectivity index is 1.59. The second kappa shape index (κ2) is 7.34. The largest absolute Gasteiger partial charge is 0.344 e. The molecule has 2 heterocycles. The van der Waals surface area contributed by atoms with Crippen molar-refractivity contribution in [2.75, 3.05) is 11.9 Å². The van der Waals surface area contributed by atoms with Crippen molar-refractivity contribution >= 4 is 17.6 Å². The third-order valence-corrected chi connectivity index (χ3v) is 5.09. The summed E-state index contributed by atoms with van der Waals surface area (Å²) in [7, 11) is 1.88. The molecule has 0 saturated heterocycles. The van der Waals surface area contributed by atoms with Crippen LogP contribution >= 0.6 is 0 Å². The third kappa shape index (κ3) is 3.61. The predicted molar refractivity (Wildman–Crippen MR) is 91.4 cm³/mol. The van der Waals surface area contributed by atoms with Crippen molar-refractivity contribution in [3.05, 3.63) is 11.3 Å². The number of aryl methyl sites for hydroxylation is 1. The molecule has 0 radical (unpaired) electrons. The van der Waals surface area contributed by atoms with Crippen LogP contribution in [0.1, 0.15) is 50.3 Å². The van der Waals surface area contributed by atoms with Crippen LogP contribution in [0, 0.1) is 5.92 Å². The molecule has 0 unspecified atom stereocenters. The van der Waals surface area contributed by atoms with Gasteiger partial charge in [0.15, 0.2) is 5.82 Å². The van der Waals surface area contributed by atoms with Gasteiger partial charge in [0.05, 0.1) is 5.69 Å². The number of hydrogen-bond acceptors (Lipinski definition) is 4. The first-order chi connectivity index (χ1) is 11.6. The maximum absolute atomic E-state index is 12.4. The molecule has 2 amide bonds. The summed E-state index contributed by atoms with van der Waals surface area (Å²) in [5.41, 5.74) is 2.20. The van der Waals surface area contributed by atoms with Crippen molar-refractivity contribution in [1.29, 1.82) is 0 Å². The maximum atomic E-state index is 12.4. The topological polar surface area (TPSA) is 88.1 Å². The molecule has 0 spiro atoms. The summed E-state index contributed by atoms with van der Waals surface area (Å²) >= 11 is 0. The maximum Gasteiger partial charge on any atom is 0.247 e. The zero-order valence-corrected chi connectivity index (χ0v) is 14.5. The van der Waals surface area contributed by atoms with Gasteiger partial charge >= 0.3 is 0 Å². The van der Waals surface area contributed by atoms with Crippen LogP contribution < -0.4 is 16.0 Å². The van der Waals surface area contributed by atoms with Crippen LogP contribution in [0.5, 0.6) is 0 Å². The number of carbonyl (C=O) groups is 2.